The van der Waals surface area contributed by atoms with E-state index in [2.05, 4.69) is 29.8 Å². The lowest BCUT2D eigenvalue weighted by Crippen LogP contribution is -2.70. The number of ether oxygens (including phenoxy) is 2. The van der Waals surface area contributed by atoms with E-state index in [-0.39, 0.29) is 29.8 Å². The van der Waals surface area contributed by atoms with Gasteiger partial charge in [0.1, 0.15) is 13.2 Å². The van der Waals surface area contributed by atoms with Crippen molar-refractivity contribution in [1.82, 2.24) is 0 Å². The van der Waals surface area contributed by atoms with E-state index in [0.29, 0.717) is 30.4 Å². The Balaban J connectivity index is 1.98. The molecule has 0 unspecified atom stereocenters. The molecule has 32 heavy (non-hydrogen) atoms. The highest BCUT2D eigenvalue weighted by Crippen LogP contribution is 2.65. The average molecular weight is 513 g/mol. The van der Waals surface area contributed by atoms with E-state index in [1.54, 1.807) is 26.0 Å². The molecule has 0 aromatic rings. The fraction of sp³-hybridized carbons (Fsp3) is 0.760. The van der Waals surface area contributed by atoms with E-state index >= 15 is 0 Å². The smallest absolute Gasteiger partial charge is 0.333 e. The first-order valence-corrected chi connectivity index (χ1v) is 12.8. The van der Waals surface area contributed by atoms with E-state index in [0.717, 1.165) is 31.3 Å². The second-order valence-electron chi connectivity index (χ2n) is 10.3. The normalized spacial score (nSPS) is 39.8. The third-order valence-corrected chi connectivity index (χ3v) is 9.72. The van der Waals surface area contributed by atoms with Crippen molar-refractivity contribution in [3.8, 4) is 0 Å². The Bertz CT molecular complexity index is 806. The van der Waals surface area contributed by atoms with Gasteiger partial charge in [-0.05, 0) is 68.8 Å². The van der Waals surface area contributed by atoms with E-state index in [9.17, 15) is 19.8 Å². The molecule has 6 atom stereocenters. The minimum absolute atomic E-state index is 0.0163. The van der Waals surface area contributed by atoms with Crippen molar-refractivity contribution in [3.05, 3.63) is 23.3 Å². The van der Waals surface area contributed by atoms with E-state index in [1.807, 2.05) is 0 Å². The van der Waals surface area contributed by atoms with Crippen molar-refractivity contribution in [3.63, 3.8) is 0 Å². The largest absolute Gasteiger partial charge is 0.462 e. The van der Waals surface area contributed by atoms with E-state index in [1.165, 1.54) is 0 Å². The third kappa shape index (κ3) is 4.21. The second kappa shape index (κ2) is 9.59. The number of fused-ring (bicyclic) bond motifs is 1. The third-order valence-electron chi connectivity index (χ3n) is 8.79. The number of rotatable bonds is 7. The summed E-state index contributed by atoms with van der Waals surface area (Å²) in [4.78, 5) is 24.0. The lowest BCUT2D eigenvalue weighted by atomic mass is 9.42. The van der Waals surface area contributed by atoms with Crippen molar-refractivity contribution < 1.29 is 29.3 Å². The van der Waals surface area contributed by atoms with Crippen LogP contribution in [0.3, 0.4) is 0 Å². The average Bonchev–Trinajstić information content (AvgIpc) is 3.19. The summed E-state index contributed by atoms with van der Waals surface area (Å²) in [6, 6.07) is 0. The lowest BCUT2D eigenvalue weighted by Gasteiger charge is -2.65. The maximum absolute atomic E-state index is 12.5. The van der Waals surface area contributed by atoms with Crippen LogP contribution >= 0.6 is 15.9 Å². The highest BCUT2D eigenvalue weighted by Gasteiger charge is 2.68. The molecule has 0 radical (unpaired) electrons. The van der Waals surface area contributed by atoms with Gasteiger partial charge in [-0.1, -0.05) is 42.3 Å². The number of carbonyl (C=O) groups is 2. The number of hydrogen-bond donors (Lipinski definition) is 2. The van der Waals surface area contributed by atoms with Gasteiger partial charge in [0.05, 0.1) is 17.1 Å². The van der Waals surface area contributed by atoms with Gasteiger partial charge in [0.25, 0.3) is 0 Å². The molecule has 2 aliphatic carbocycles. The Hall–Kier alpha value is -1.18. The summed E-state index contributed by atoms with van der Waals surface area (Å²) in [5.41, 5.74) is -0.857. The molecule has 3 rings (SSSR count). The minimum atomic E-state index is -1.19. The fourth-order valence-corrected chi connectivity index (χ4v) is 7.18. The molecule has 6 nitrogen and oxygen atoms in total. The number of aliphatic hydroxyl groups is 2. The Kier molecular flexibility index (Phi) is 7.63. The fourth-order valence-electron chi connectivity index (χ4n) is 6.38. The molecule has 7 heteroatoms. The zero-order chi connectivity index (χ0) is 23.7. The van der Waals surface area contributed by atoms with Crippen LogP contribution in [0, 0.1) is 22.7 Å². The monoisotopic (exact) mass is 512 g/mol. The summed E-state index contributed by atoms with van der Waals surface area (Å²) >= 11 is 3.52. The number of allylic oxidation sites excluding steroid dienone is 1. The zero-order valence-corrected chi connectivity index (χ0v) is 21.2. The van der Waals surface area contributed by atoms with Crippen LogP contribution in [0.25, 0.3) is 0 Å². The standard InChI is InChI=1S/C25H37BrO6/c1-5-16(2)22(29)32-15-25-19(7-6-9-24(25,30)14-26)23(4,17(3)11-20(25)27)10-8-18-12-21(28)31-13-18/h5,12,17,19-20,27,30H,6-11,13-15H2,1-4H3/b16-5+/t17-,19-,20+,23+,24+,25+/m1/s1. The summed E-state index contributed by atoms with van der Waals surface area (Å²) in [6.45, 7) is 8.21. The minimum Gasteiger partial charge on any atom is -0.462 e. The topological polar surface area (TPSA) is 93.1 Å². The molecule has 0 aromatic heterocycles. The molecular weight excluding hydrogens is 476 g/mol. The first kappa shape index (κ1) is 25.4. The van der Waals surface area contributed by atoms with Crippen LogP contribution in [0.1, 0.15) is 66.2 Å². The van der Waals surface area contributed by atoms with Gasteiger partial charge in [0.2, 0.25) is 0 Å². The molecule has 0 amide bonds. The van der Waals surface area contributed by atoms with Gasteiger partial charge in [0.15, 0.2) is 0 Å². The van der Waals surface area contributed by atoms with Crippen molar-refractivity contribution in [2.75, 3.05) is 18.5 Å². The van der Waals surface area contributed by atoms with Crippen molar-refractivity contribution in [2.24, 2.45) is 22.7 Å². The molecular formula is C25H37BrO6. The lowest BCUT2D eigenvalue weighted by molar-refractivity contribution is -0.262. The molecule has 2 fully saturated rings. The summed E-state index contributed by atoms with van der Waals surface area (Å²) in [7, 11) is 0. The van der Waals surface area contributed by atoms with E-state index in [4.69, 9.17) is 9.47 Å². The number of esters is 2. The van der Waals surface area contributed by atoms with Crippen LogP contribution in [-0.2, 0) is 19.1 Å². The second-order valence-corrected chi connectivity index (χ2v) is 10.8. The van der Waals surface area contributed by atoms with Gasteiger partial charge < -0.3 is 19.7 Å². The predicted octanol–water partition coefficient (Wildman–Crippen LogP) is 4.08. The van der Waals surface area contributed by atoms with Crippen LogP contribution < -0.4 is 0 Å². The van der Waals surface area contributed by atoms with Crippen LogP contribution in [0.2, 0.25) is 0 Å². The summed E-state index contributed by atoms with van der Waals surface area (Å²) in [5, 5.41) is 23.6. The number of alkyl halides is 1. The molecule has 0 aromatic carbocycles. The van der Waals surface area contributed by atoms with Gasteiger partial charge in [-0.2, -0.15) is 0 Å². The molecule has 180 valence electrons. The predicted molar refractivity (Wildman–Crippen MR) is 125 cm³/mol. The Morgan fingerprint density at radius 2 is 2.16 bits per heavy atom. The highest BCUT2D eigenvalue weighted by atomic mass is 79.9. The Labute approximate surface area is 199 Å². The number of aliphatic hydroxyl groups excluding tert-OH is 1. The van der Waals surface area contributed by atoms with Crippen LogP contribution in [0.4, 0.5) is 0 Å². The first-order valence-electron chi connectivity index (χ1n) is 11.7. The van der Waals surface area contributed by atoms with Gasteiger partial charge >= 0.3 is 11.9 Å². The maximum Gasteiger partial charge on any atom is 0.333 e. The Morgan fingerprint density at radius 3 is 2.75 bits per heavy atom. The maximum atomic E-state index is 12.5. The molecule has 2 saturated carbocycles. The molecule has 3 aliphatic rings. The van der Waals surface area contributed by atoms with E-state index < -0.39 is 23.1 Å². The summed E-state index contributed by atoms with van der Waals surface area (Å²) in [6.07, 6.45) is 6.81. The quantitative estimate of drug-likeness (QED) is 0.303. The number of hydrogen-bond acceptors (Lipinski definition) is 6. The zero-order valence-electron chi connectivity index (χ0n) is 19.7. The number of halogens is 1. The van der Waals surface area contributed by atoms with Crippen LogP contribution in [0.15, 0.2) is 23.3 Å². The number of carbonyl (C=O) groups excluding carboxylic acids is 2. The van der Waals surface area contributed by atoms with Gasteiger partial charge in [-0.25, -0.2) is 9.59 Å². The first-order chi connectivity index (χ1) is 15.0. The highest BCUT2D eigenvalue weighted by molar-refractivity contribution is 9.09. The molecule has 0 bridgehead atoms. The molecule has 1 aliphatic heterocycles. The van der Waals surface area contributed by atoms with Crippen LogP contribution in [-0.4, -0.2) is 52.4 Å². The molecule has 0 saturated heterocycles. The molecule has 1 heterocycles. The van der Waals surface area contributed by atoms with Crippen LogP contribution in [0.5, 0.6) is 0 Å². The summed E-state index contributed by atoms with van der Waals surface area (Å²) in [5.74, 6) is -0.533. The van der Waals surface area contributed by atoms with Gasteiger partial charge in [-0.3, -0.25) is 0 Å². The van der Waals surface area contributed by atoms with Crippen molar-refractivity contribution in [1.29, 1.82) is 0 Å². The molecule has 0 spiro atoms. The summed E-state index contributed by atoms with van der Waals surface area (Å²) < 4.78 is 10.8. The SMILES string of the molecule is C/C=C(\C)C(=O)OC[C@@]12[C@H](CCC[C@]1(O)CBr)[C@@](C)(CCC1=CC(=O)OC1)[C@H](C)C[C@@H]2O. The molecule has 2 N–H and O–H groups in total. The van der Waals surface area contributed by atoms with Gasteiger partial charge in [0, 0.05) is 17.0 Å². The Morgan fingerprint density at radius 1 is 1.44 bits per heavy atom. The van der Waals surface area contributed by atoms with Crippen molar-refractivity contribution >= 4 is 27.9 Å². The van der Waals surface area contributed by atoms with Crippen molar-refractivity contribution in [2.45, 2.75) is 77.9 Å². The number of cyclic esters (lactones) is 1. The van der Waals surface area contributed by atoms with Gasteiger partial charge in [-0.15, -0.1) is 0 Å².